The zero-order chi connectivity index (χ0) is 18.9. The molecule has 0 aromatic heterocycles. The highest BCUT2D eigenvalue weighted by Gasteiger charge is 2.67. The quantitative estimate of drug-likeness (QED) is 0.785. The molecule has 6 atom stereocenters. The normalized spacial score (nSPS) is 47.1. The maximum absolute atomic E-state index is 13.3. The zero-order valence-electron chi connectivity index (χ0n) is 15.3. The number of hydrogen-bond donors (Lipinski definition) is 2. The summed E-state index contributed by atoms with van der Waals surface area (Å²) in [4.78, 5) is 37.4. The van der Waals surface area contributed by atoms with E-state index in [1.807, 2.05) is 19.1 Å². The SMILES string of the molecule is C[C@]12CCC(=O)C=C1C=C[C@@H]1[C@@H]2C(=O)C[C@@]2(C)[C@H]1CC[C@]2(O)C(=O)CO. The van der Waals surface area contributed by atoms with Gasteiger partial charge in [0.15, 0.2) is 11.6 Å². The number of carbonyl (C=O) groups is 3. The molecule has 2 fully saturated rings. The van der Waals surface area contributed by atoms with E-state index in [0.29, 0.717) is 19.3 Å². The van der Waals surface area contributed by atoms with Crippen LogP contribution in [0, 0.1) is 28.6 Å². The van der Waals surface area contributed by atoms with Gasteiger partial charge in [-0.05, 0) is 42.7 Å². The Hall–Kier alpha value is -1.59. The van der Waals surface area contributed by atoms with Crippen LogP contribution in [0.15, 0.2) is 23.8 Å². The fourth-order valence-corrected chi connectivity index (χ4v) is 6.43. The summed E-state index contributed by atoms with van der Waals surface area (Å²) >= 11 is 0. The van der Waals surface area contributed by atoms with Crippen molar-refractivity contribution in [3.8, 4) is 0 Å². The Balaban J connectivity index is 1.80. The molecule has 4 aliphatic rings. The standard InChI is InChI=1S/C21H26O5/c1-19-7-5-13(23)9-12(19)3-4-14-15-6-8-21(26,17(25)11-22)20(15,2)10-16(24)18(14)19/h3-4,9,14-15,18,22,26H,5-8,10-11H2,1-2H3/t14-,15-,18+,19-,20-,21-/m0/s1. The molecule has 0 spiro atoms. The first-order valence-corrected chi connectivity index (χ1v) is 9.50. The third-order valence-electron chi connectivity index (χ3n) is 7.97. The largest absolute Gasteiger partial charge is 0.388 e. The first-order chi connectivity index (χ1) is 12.2. The molecule has 0 bridgehead atoms. The molecule has 0 unspecified atom stereocenters. The van der Waals surface area contributed by atoms with Crippen LogP contribution < -0.4 is 0 Å². The monoisotopic (exact) mass is 358 g/mol. The molecule has 2 saturated carbocycles. The van der Waals surface area contributed by atoms with Crippen molar-refractivity contribution in [1.29, 1.82) is 0 Å². The highest BCUT2D eigenvalue weighted by Crippen LogP contribution is 2.65. The van der Waals surface area contributed by atoms with Gasteiger partial charge in [-0.1, -0.05) is 26.0 Å². The van der Waals surface area contributed by atoms with E-state index in [2.05, 4.69) is 6.92 Å². The van der Waals surface area contributed by atoms with Crippen LogP contribution in [0.2, 0.25) is 0 Å². The van der Waals surface area contributed by atoms with Crippen molar-refractivity contribution in [2.24, 2.45) is 28.6 Å². The van der Waals surface area contributed by atoms with Crippen LogP contribution in [-0.4, -0.2) is 39.8 Å². The minimum Gasteiger partial charge on any atom is -0.388 e. The summed E-state index contributed by atoms with van der Waals surface area (Å²) in [5.74, 6) is -0.653. The molecule has 0 heterocycles. The summed E-state index contributed by atoms with van der Waals surface area (Å²) in [6.45, 7) is 3.20. The van der Waals surface area contributed by atoms with Crippen LogP contribution in [-0.2, 0) is 14.4 Å². The zero-order valence-corrected chi connectivity index (χ0v) is 15.3. The van der Waals surface area contributed by atoms with Gasteiger partial charge in [0.25, 0.3) is 0 Å². The van der Waals surface area contributed by atoms with E-state index in [9.17, 15) is 24.6 Å². The molecule has 140 valence electrons. The molecule has 0 aromatic carbocycles. The maximum atomic E-state index is 13.3. The lowest BCUT2D eigenvalue weighted by Crippen LogP contribution is -2.60. The molecular formula is C21H26O5. The molecule has 0 amide bonds. The van der Waals surface area contributed by atoms with Crippen LogP contribution in [0.5, 0.6) is 0 Å². The third kappa shape index (κ3) is 2.01. The predicted molar refractivity (Wildman–Crippen MR) is 94.0 cm³/mol. The van der Waals surface area contributed by atoms with Gasteiger partial charge in [0.1, 0.15) is 18.0 Å². The van der Waals surface area contributed by atoms with Gasteiger partial charge in [-0.3, -0.25) is 14.4 Å². The molecular weight excluding hydrogens is 332 g/mol. The first kappa shape index (κ1) is 17.8. The Labute approximate surface area is 153 Å². The van der Waals surface area contributed by atoms with Crippen LogP contribution in [0.1, 0.15) is 46.0 Å². The van der Waals surface area contributed by atoms with E-state index in [1.165, 1.54) is 0 Å². The number of aliphatic hydroxyl groups excluding tert-OH is 1. The fourth-order valence-electron chi connectivity index (χ4n) is 6.43. The second-order valence-electron chi connectivity index (χ2n) is 9.04. The topological polar surface area (TPSA) is 91.7 Å². The van der Waals surface area contributed by atoms with E-state index >= 15 is 0 Å². The fraction of sp³-hybridized carbons (Fsp3) is 0.667. The second kappa shape index (κ2) is 5.46. The van der Waals surface area contributed by atoms with Gasteiger partial charge in [0, 0.05) is 29.6 Å². The number of hydrogen-bond acceptors (Lipinski definition) is 5. The van der Waals surface area contributed by atoms with Crippen LogP contribution in [0.3, 0.4) is 0 Å². The van der Waals surface area contributed by atoms with Crippen molar-refractivity contribution in [2.45, 2.75) is 51.6 Å². The number of allylic oxidation sites excluding steroid dienone is 4. The summed E-state index contributed by atoms with van der Waals surface area (Å²) in [5, 5.41) is 20.4. The number of aliphatic hydroxyl groups is 2. The van der Waals surface area contributed by atoms with E-state index in [4.69, 9.17) is 0 Å². The lowest BCUT2D eigenvalue weighted by atomic mass is 9.47. The molecule has 26 heavy (non-hydrogen) atoms. The van der Waals surface area contributed by atoms with Crippen LogP contribution >= 0.6 is 0 Å². The van der Waals surface area contributed by atoms with Gasteiger partial charge in [0.2, 0.25) is 0 Å². The number of ketones is 3. The van der Waals surface area contributed by atoms with Crippen LogP contribution in [0.4, 0.5) is 0 Å². The molecule has 4 aliphatic carbocycles. The van der Waals surface area contributed by atoms with Crippen LogP contribution in [0.25, 0.3) is 0 Å². The van der Waals surface area contributed by atoms with Crippen molar-refractivity contribution in [1.82, 2.24) is 0 Å². The molecule has 0 aliphatic heterocycles. The highest BCUT2D eigenvalue weighted by atomic mass is 16.3. The first-order valence-electron chi connectivity index (χ1n) is 9.50. The Bertz CT molecular complexity index is 764. The Kier molecular flexibility index (Phi) is 3.74. The maximum Gasteiger partial charge on any atom is 0.190 e. The molecule has 5 heteroatoms. The molecule has 5 nitrogen and oxygen atoms in total. The molecule has 0 aromatic rings. The number of Topliss-reactive ketones (excluding diaryl/α,β-unsaturated/α-hetero) is 2. The lowest BCUT2D eigenvalue weighted by Gasteiger charge is -2.55. The van der Waals surface area contributed by atoms with Crippen molar-refractivity contribution in [3.63, 3.8) is 0 Å². The van der Waals surface area contributed by atoms with Gasteiger partial charge in [-0.2, -0.15) is 0 Å². The average molecular weight is 358 g/mol. The third-order valence-corrected chi connectivity index (χ3v) is 7.97. The minimum absolute atomic E-state index is 0.0120. The lowest BCUT2D eigenvalue weighted by molar-refractivity contribution is -0.166. The Morgan fingerprint density at radius 3 is 2.69 bits per heavy atom. The number of fused-ring (bicyclic) bond motifs is 5. The van der Waals surface area contributed by atoms with Gasteiger partial charge >= 0.3 is 0 Å². The van der Waals surface area contributed by atoms with E-state index < -0.39 is 23.4 Å². The summed E-state index contributed by atoms with van der Waals surface area (Å²) in [7, 11) is 0. The van der Waals surface area contributed by atoms with Gasteiger partial charge < -0.3 is 10.2 Å². The molecule has 0 saturated heterocycles. The highest BCUT2D eigenvalue weighted by molar-refractivity contribution is 5.95. The van der Waals surface area contributed by atoms with Crippen molar-refractivity contribution >= 4 is 17.3 Å². The van der Waals surface area contributed by atoms with Gasteiger partial charge in [-0.15, -0.1) is 0 Å². The van der Waals surface area contributed by atoms with E-state index in [-0.39, 0.29) is 47.6 Å². The summed E-state index contributed by atoms with van der Waals surface area (Å²) in [6.07, 6.45) is 7.89. The van der Waals surface area contributed by atoms with E-state index in [0.717, 1.165) is 5.57 Å². The van der Waals surface area contributed by atoms with Gasteiger partial charge in [0.05, 0.1) is 0 Å². The Morgan fingerprint density at radius 2 is 2.00 bits per heavy atom. The molecule has 4 rings (SSSR count). The van der Waals surface area contributed by atoms with Gasteiger partial charge in [-0.25, -0.2) is 0 Å². The predicted octanol–water partition coefficient (Wildman–Crippen LogP) is 1.77. The summed E-state index contributed by atoms with van der Waals surface area (Å²) in [6, 6.07) is 0. The minimum atomic E-state index is -1.64. The van der Waals surface area contributed by atoms with Crippen molar-refractivity contribution in [3.05, 3.63) is 23.8 Å². The second-order valence-corrected chi connectivity index (χ2v) is 9.04. The smallest absolute Gasteiger partial charge is 0.190 e. The number of rotatable bonds is 2. The van der Waals surface area contributed by atoms with Crippen molar-refractivity contribution < 1.29 is 24.6 Å². The van der Waals surface area contributed by atoms with Crippen molar-refractivity contribution in [2.75, 3.05) is 6.61 Å². The molecule has 0 radical (unpaired) electrons. The summed E-state index contributed by atoms with van der Waals surface area (Å²) in [5.41, 5.74) is -1.91. The molecule has 2 N–H and O–H groups in total. The van der Waals surface area contributed by atoms with E-state index in [1.54, 1.807) is 6.08 Å². The summed E-state index contributed by atoms with van der Waals surface area (Å²) < 4.78 is 0. The Morgan fingerprint density at radius 1 is 1.27 bits per heavy atom. The number of carbonyl (C=O) groups excluding carboxylic acids is 3. The average Bonchev–Trinajstić information content (AvgIpc) is 2.86.